The standard InChI is InChI=1S/C10H12F6O2/c1-5(6(17)18)4-8(2,3)9(12,13)7(11)10(14,15)16/h4,7H,1-3H3,(H,17,18). The highest BCUT2D eigenvalue weighted by Gasteiger charge is 2.63. The molecule has 106 valence electrons. The van der Waals surface area contributed by atoms with E-state index in [4.69, 9.17) is 5.11 Å². The van der Waals surface area contributed by atoms with E-state index in [0.29, 0.717) is 19.9 Å². The summed E-state index contributed by atoms with van der Waals surface area (Å²) in [7, 11) is 0. The lowest BCUT2D eigenvalue weighted by atomic mass is 9.81. The Labute approximate surface area is 99.3 Å². The SMILES string of the molecule is CC(=CC(C)(C)C(F)(F)C(F)C(F)(F)F)C(=O)O. The van der Waals surface area contributed by atoms with Crippen molar-refractivity contribution < 1.29 is 36.2 Å². The van der Waals surface area contributed by atoms with Gasteiger partial charge < -0.3 is 5.11 Å². The van der Waals surface area contributed by atoms with Crippen LogP contribution < -0.4 is 0 Å². The van der Waals surface area contributed by atoms with Crippen LogP contribution in [0, 0.1) is 5.41 Å². The first kappa shape index (κ1) is 16.8. The maximum absolute atomic E-state index is 13.4. The second-order valence-electron chi connectivity index (χ2n) is 4.38. The number of aliphatic carboxylic acids is 1. The zero-order valence-electron chi connectivity index (χ0n) is 9.78. The summed E-state index contributed by atoms with van der Waals surface area (Å²) in [5.74, 6) is -6.34. The van der Waals surface area contributed by atoms with Crippen molar-refractivity contribution in [2.75, 3.05) is 0 Å². The second kappa shape index (κ2) is 4.81. The molecule has 0 aliphatic rings. The Kier molecular flexibility index (Phi) is 4.49. The molecule has 0 aliphatic heterocycles. The number of carboxylic acids is 1. The third kappa shape index (κ3) is 3.39. The summed E-state index contributed by atoms with van der Waals surface area (Å²) in [4.78, 5) is 10.4. The van der Waals surface area contributed by atoms with Crippen molar-refractivity contribution >= 4 is 5.97 Å². The van der Waals surface area contributed by atoms with Crippen LogP contribution in [0.3, 0.4) is 0 Å². The van der Waals surface area contributed by atoms with Gasteiger partial charge in [0.2, 0.25) is 0 Å². The van der Waals surface area contributed by atoms with Gasteiger partial charge in [-0.2, -0.15) is 13.2 Å². The maximum Gasteiger partial charge on any atom is 0.425 e. The van der Waals surface area contributed by atoms with Crippen LogP contribution in [0.5, 0.6) is 0 Å². The largest absolute Gasteiger partial charge is 0.478 e. The van der Waals surface area contributed by atoms with Crippen LogP contribution in [0.15, 0.2) is 11.6 Å². The Morgan fingerprint density at radius 1 is 1.17 bits per heavy atom. The third-order valence-corrected chi connectivity index (χ3v) is 2.38. The predicted octanol–water partition coefficient (Wildman–Crippen LogP) is 3.58. The molecule has 18 heavy (non-hydrogen) atoms. The summed E-state index contributed by atoms with van der Waals surface area (Å²) in [6.45, 7) is 2.20. The maximum atomic E-state index is 13.4. The Hall–Kier alpha value is -1.21. The van der Waals surface area contributed by atoms with E-state index >= 15 is 0 Å². The van der Waals surface area contributed by atoms with Crippen molar-refractivity contribution in [2.45, 2.75) is 39.0 Å². The normalized spacial score (nSPS) is 16.6. The first-order valence-electron chi connectivity index (χ1n) is 4.75. The van der Waals surface area contributed by atoms with E-state index in [-0.39, 0.29) is 0 Å². The van der Waals surface area contributed by atoms with Crippen molar-refractivity contribution in [2.24, 2.45) is 5.41 Å². The molecular formula is C10H12F6O2. The van der Waals surface area contributed by atoms with Crippen LogP contribution in [-0.4, -0.2) is 29.3 Å². The van der Waals surface area contributed by atoms with E-state index in [1.165, 1.54) is 0 Å². The fourth-order valence-electron chi connectivity index (χ4n) is 1.23. The molecule has 0 saturated heterocycles. The summed E-state index contributed by atoms with van der Waals surface area (Å²) in [5.41, 5.74) is -3.18. The molecule has 0 saturated carbocycles. The van der Waals surface area contributed by atoms with E-state index in [2.05, 4.69) is 0 Å². The zero-order chi connectivity index (χ0) is 14.9. The molecule has 1 N–H and O–H groups in total. The van der Waals surface area contributed by atoms with Crippen LogP contribution in [0.2, 0.25) is 0 Å². The first-order chi connectivity index (χ1) is 7.73. The lowest BCUT2D eigenvalue weighted by Crippen LogP contribution is -2.50. The Morgan fingerprint density at radius 3 is 1.83 bits per heavy atom. The van der Waals surface area contributed by atoms with Crippen molar-refractivity contribution in [3.63, 3.8) is 0 Å². The highest BCUT2D eigenvalue weighted by Crippen LogP contribution is 2.47. The van der Waals surface area contributed by atoms with Gasteiger partial charge in [0.1, 0.15) is 0 Å². The van der Waals surface area contributed by atoms with Crippen molar-refractivity contribution in [3.05, 3.63) is 11.6 Å². The van der Waals surface area contributed by atoms with Crippen LogP contribution in [0.1, 0.15) is 20.8 Å². The molecule has 0 aromatic rings. The monoisotopic (exact) mass is 278 g/mol. The van der Waals surface area contributed by atoms with Gasteiger partial charge in [0, 0.05) is 5.57 Å². The average Bonchev–Trinajstić information content (AvgIpc) is 2.13. The molecule has 0 aromatic carbocycles. The van der Waals surface area contributed by atoms with Gasteiger partial charge in [0.25, 0.3) is 12.1 Å². The van der Waals surface area contributed by atoms with E-state index in [9.17, 15) is 31.1 Å². The van der Waals surface area contributed by atoms with Gasteiger partial charge in [-0.05, 0) is 6.92 Å². The number of halogens is 6. The van der Waals surface area contributed by atoms with Gasteiger partial charge in [-0.15, -0.1) is 0 Å². The molecule has 0 fully saturated rings. The van der Waals surface area contributed by atoms with E-state index in [1.54, 1.807) is 0 Å². The van der Waals surface area contributed by atoms with Crippen molar-refractivity contribution in [1.29, 1.82) is 0 Å². The van der Waals surface area contributed by atoms with Crippen molar-refractivity contribution in [1.82, 2.24) is 0 Å². The minimum atomic E-state index is -5.72. The number of alkyl halides is 6. The molecule has 0 spiro atoms. The molecule has 2 nitrogen and oxygen atoms in total. The molecule has 0 heterocycles. The molecular weight excluding hydrogens is 266 g/mol. The lowest BCUT2D eigenvalue weighted by molar-refractivity contribution is -0.265. The minimum absolute atomic E-state index is 0.410. The molecule has 1 unspecified atom stereocenters. The van der Waals surface area contributed by atoms with Gasteiger partial charge in [0.15, 0.2) is 0 Å². The number of hydrogen-bond donors (Lipinski definition) is 1. The van der Waals surface area contributed by atoms with E-state index in [1.807, 2.05) is 0 Å². The van der Waals surface area contributed by atoms with E-state index < -0.39 is 35.2 Å². The van der Waals surface area contributed by atoms with Gasteiger partial charge >= 0.3 is 12.1 Å². The zero-order valence-corrected chi connectivity index (χ0v) is 9.78. The lowest BCUT2D eigenvalue weighted by Gasteiger charge is -2.34. The van der Waals surface area contributed by atoms with Gasteiger partial charge in [-0.3, -0.25) is 0 Å². The summed E-state index contributed by atoms with van der Waals surface area (Å²) in [6.07, 6.45) is -9.67. The second-order valence-corrected chi connectivity index (χ2v) is 4.38. The number of rotatable bonds is 4. The topological polar surface area (TPSA) is 37.3 Å². The van der Waals surface area contributed by atoms with Crippen LogP contribution in [0.4, 0.5) is 26.3 Å². The Balaban J connectivity index is 5.46. The number of allylic oxidation sites excluding steroid dienone is 1. The number of carboxylic acid groups (broad SMARTS) is 1. The first-order valence-corrected chi connectivity index (χ1v) is 4.75. The Bertz CT molecular complexity index is 356. The molecule has 0 rings (SSSR count). The average molecular weight is 278 g/mol. The quantitative estimate of drug-likeness (QED) is 0.630. The van der Waals surface area contributed by atoms with Crippen LogP contribution >= 0.6 is 0 Å². The predicted molar refractivity (Wildman–Crippen MR) is 51.1 cm³/mol. The molecule has 0 aromatic heterocycles. The molecule has 0 radical (unpaired) electrons. The number of hydrogen-bond acceptors (Lipinski definition) is 1. The molecule has 0 bridgehead atoms. The highest BCUT2D eigenvalue weighted by atomic mass is 19.4. The van der Waals surface area contributed by atoms with Gasteiger partial charge in [-0.1, -0.05) is 19.9 Å². The van der Waals surface area contributed by atoms with Crippen molar-refractivity contribution in [3.8, 4) is 0 Å². The smallest absolute Gasteiger partial charge is 0.425 e. The highest BCUT2D eigenvalue weighted by molar-refractivity contribution is 5.85. The Morgan fingerprint density at radius 2 is 1.56 bits per heavy atom. The molecule has 0 amide bonds. The molecule has 1 atom stereocenters. The van der Waals surface area contributed by atoms with Crippen LogP contribution in [0.25, 0.3) is 0 Å². The summed E-state index contributed by atoms with van der Waals surface area (Å²) >= 11 is 0. The van der Waals surface area contributed by atoms with E-state index in [0.717, 1.165) is 6.92 Å². The van der Waals surface area contributed by atoms with Crippen LogP contribution in [-0.2, 0) is 4.79 Å². The summed E-state index contributed by atoms with van der Waals surface area (Å²) in [5, 5.41) is 8.48. The fraction of sp³-hybridized carbons (Fsp3) is 0.700. The number of carbonyl (C=O) groups is 1. The third-order valence-electron chi connectivity index (χ3n) is 2.38. The fourth-order valence-corrected chi connectivity index (χ4v) is 1.23. The minimum Gasteiger partial charge on any atom is -0.478 e. The molecule has 8 heteroatoms. The summed E-state index contributed by atoms with van der Waals surface area (Å²) < 4.78 is 75.5. The summed E-state index contributed by atoms with van der Waals surface area (Å²) in [6, 6.07) is 0. The van der Waals surface area contributed by atoms with Gasteiger partial charge in [-0.25, -0.2) is 18.0 Å². The van der Waals surface area contributed by atoms with Gasteiger partial charge in [0.05, 0.1) is 5.41 Å². The molecule has 0 aliphatic carbocycles.